The summed E-state index contributed by atoms with van der Waals surface area (Å²) in [6.07, 6.45) is 2.11. The predicted molar refractivity (Wildman–Crippen MR) is 55.4 cm³/mol. The van der Waals surface area contributed by atoms with Gasteiger partial charge in [0.15, 0.2) is 0 Å². The van der Waals surface area contributed by atoms with Gasteiger partial charge in [-0.15, -0.1) is 0 Å². The van der Waals surface area contributed by atoms with E-state index in [1.165, 1.54) is 5.57 Å². The Kier molecular flexibility index (Phi) is 4.01. The van der Waals surface area contributed by atoms with Gasteiger partial charge in [-0.25, -0.2) is 0 Å². The summed E-state index contributed by atoms with van der Waals surface area (Å²) in [7, 11) is 1.82. The lowest BCUT2D eigenvalue weighted by atomic mass is 9.89. The SMILES string of the molecule is CN/N=C(\C=C(C)C)C(C)(C)C. The molecule has 0 aromatic rings. The highest BCUT2D eigenvalue weighted by molar-refractivity contribution is 5.99. The Morgan fingerprint density at radius 3 is 2.00 bits per heavy atom. The van der Waals surface area contributed by atoms with E-state index in [9.17, 15) is 0 Å². The van der Waals surface area contributed by atoms with Crippen LogP contribution in [0, 0.1) is 5.41 Å². The quantitative estimate of drug-likeness (QED) is 0.497. The first-order chi connectivity index (χ1) is 5.38. The topological polar surface area (TPSA) is 24.4 Å². The second-order valence-electron chi connectivity index (χ2n) is 4.19. The van der Waals surface area contributed by atoms with Crippen LogP contribution in [0.15, 0.2) is 16.8 Å². The second-order valence-corrected chi connectivity index (χ2v) is 4.19. The van der Waals surface area contributed by atoms with Crippen LogP contribution in [0.2, 0.25) is 0 Å². The maximum atomic E-state index is 4.23. The highest BCUT2D eigenvalue weighted by atomic mass is 15.3. The van der Waals surface area contributed by atoms with Crippen LogP contribution in [0.25, 0.3) is 0 Å². The van der Waals surface area contributed by atoms with E-state index < -0.39 is 0 Å². The Hall–Kier alpha value is -0.790. The van der Waals surface area contributed by atoms with Crippen LogP contribution in [0.5, 0.6) is 0 Å². The summed E-state index contributed by atoms with van der Waals surface area (Å²) in [6, 6.07) is 0. The third-order valence-corrected chi connectivity index (χ3v) is 1.43. The fourth-order valence-electron chi connectivity index (χ4n) is 0.810. The predicted octanol–water partition coefficient (Wildman–Crippen LogP) is 2.57. The van der Waals surface area contributed by atoms with Gasteiger partial charge in [0.05, 0.1) is 5.71 Å². The van der Waals surface area contributed by atoms with Crippen molar-refractivity contribution >= 4 is 5.71 Å². The van der Waals surface area contributed by atoms with E-state index in [1.54, 1.807) is 0 Å². The summed E-state index contributed by atoms with van der Waals surface area (Å²) >= 11 is 0. The third kappa shape index (κ3) is 4.16. The lowest BCUT2D eigenvalue weighted by molar-refractivity contribution is 0.586. The summed E-state index contributed by atoms with van der Waals surface area (Å²) in [4.78, 5) is 0. The van der Waals surface area contributed by atoms with Crippen molar-refractivity contribution in [3.8, 4) is 0 Å². The molecule has 2 heteroatoms. The van der Waals surface area contributed by atoms with E-state index in [0.29, 0.717) is 0 Å². The average molecular weight is 168 g/mol. The first-order valence-corrected chi connectivity index (χ1v) is 4.27. The molecule has 0 aliphatic carbocycles. The number of nitrogens with zero attached hydrogens (tertiary/aromatic N) is 1. The highest BCUT2D eigenvalue weighted by Gasteiger charge is 2.16. The van der Waals surface area contributed by atoms with Gasteiger partial charge in [0.2, 0.25) is 0 Å². The highest BCUT2D eigenvalue weighted by Crippen LogP contribution is 2.17. The summed E-state index contributed by atoms with van der Waals surface area (Å²) < 4.78 is 0. The van der Waals surface area contributed by atoms with Crippen molar-refractivity contribution in [2.45, 2.75) is 34.6 Å². The molecular formula is C10H20N2. The van der Waals surface area contributed by atoms with E-state index in [0.717, 1.165) is 5.71 Å². The molecule has 0 bridgehead atoms. The molecule has 0 aliphatic rings. The van der Waals surface area contributed by atoms with Crippen molar-refractivity contribution < 1.29 is 0 Å². The molecule has 70 valence electrons. The largest absolute Gasteiger partial charge is 0.313 e. The van der Waals surface area contributed by atoms with Gasteiger partial charge in [-0.05, 0) is 19.9 Å². The van der Waals surface area contributed by atoms with Crippen LogP contribution in [-0.4, -0.2) is 12.8 Å². The standard InChI is InChI=1S/C10H20N2/c1-8(2)7-9(12-11-6)10(3,4)5/h7,11H,1-6H3/b12-9+. The summed E-state index contributed by atoms with van der Waals surface area (Å²) in [5, 5.41) is 4.23. The van der Waals surface area contributed by atoms with Crippen LogP contribution in [-0.2, 0) is 0 Å². The van der Waals surface area contributed by atoms with Crippen molar-refractivity contribution in [3.05, 3.63) is 11.6 Å². The van der Waals surface area contributed by atoms with E-state index in [1.807, 2.05) is 7.05 Å². The summed E-state index contributed by atoms with van der Waals surface area (Å²) in [5.74, 6) is 0. The Morgan fingerprint density at radius 2 is 1.75 bits per heavy atom. The number of nitrogens with one attached hydrogen (secondary N) is 1. The van der Waals surface area contributed by atoms with Crippen molar-refractivity contribution in [1.29, 1.82) is 0 Å². The lowest BCUT2D eigenvalue weighted by Crippen LogP contribution is -2.21. The van der Waals surface area contributed by atoms with Gasteiger partial charge in [-0.2, -0.15) is 5.10 Å². The Labute approximate surface area is 75.7 Å². The van der Waals surface area contributed by atoms with Gasteiger partial charge >= 0.3 is 0 Å². The zero-order valence-corrected chi connectivity index (χ0v) is 9.02. The summed E-state index contributed by atoms with van der Waals surface area (Å²) in [6.45, 7) is 10.6. The molecular weight excluding hydrogens is 148 g/mol. The smallest absolute Gasteiger partial charge is 0.0655 e. The zero-order valence-electron chi connectivity index (χ0n) is 9.02. The first kappa shape index (κ1) is 11.2. The fraction of sp³-hybridized carbons (Fsp3) is 0.700. The van der Waals surface area contributed by atoms with Crippen LogP contribution in [0.4, 0.5) is 0 Å². The Bertz CT molecular complexity index is 190. The maximum Gasteiger partial charge on any atom is 0.0655 e. The molecule has 0 radical (unpaired) electrons. The molecule has 0 spiro atoms. The van der Waals surface area contributed by atoms with E-state index in [-0.39, 0.29) is 5.41 Å². The molecule has 0 aromatic carbocycles. The Morgan fingerprint density at radius 1 is 1.25 bits per heavy atom. The molecule has 2 nitrogen and oxygen atoms in total. The fourth-order valence-corrected chi connectivity index (χ4v) is 0.810. The number of hydrogen-bond acceptors (Lipinski definition) is 2. The lowest BCUT2D eigenvalue weighted by Gasteiger charge is -2.18. The number of allylic oxidation sites excluding steroid dienone is 2. The van der Waals surface area contributed by atoms with Crippen LogP contribution in [0.3, 0.4) is 0 Å². The molecule has 0 heterocycles. The monoisotopic (exact) mass is 168 g/mol. The van der Waals surface area contributed by atoms with E-state index >= 15 is 0 Å². The normalized spacial score (nSPS) is 12.7. The van der Waals surface area contributed by atoms with Crippen molar-refractivity contribution in [2.75, 3.05) is 7.05 Å². The van der Waals surface area contributed by atoms with Gasteiger partial charge in [0.1, 0.15) is 0 Å². The molecule has 0 saturated heterocycles. The van der Waals surface area contributed by atoms with Gasteiger partial charge in [-0.3, -0.25) is 0 Å². The minimum Gasteiger partial charge on any atom is -0.313 e. The van der Waals surface area contributed by atoms with Crippen molar-refractivity contribution in [1.82, 2.24) is 5.43 Å². The van der Waals surface area contributed by atoms with Crippen LogP contribution >= 0.6 is 0 Å². The molecule has 0 amide bonds. The van der Waals surface area contributed by atoms with Crippen LogP contribution < -0.4 is 5.43 Å². The van der Waals surface area contributed by atoms with Crippen LogP contribution in [0.1, 0.15) is 34.6 Å². The number of hydrogen-bond donors (Lipinski definition) is 1. The molecule has 0 fully saturated rings. The van der Waals surface area contributed by atoms with Gasteiger partial charge < -0.3 is 5.43 Å². The number of hydrazone groups is 1. The van der Waals surface area contributed by atoms with E-state index in [4.69, 9.17) is 0 Å². The average Bonchev–Trinajstić information content (AvgIpc) is 1.83. The molecule has 0 saturated carbocycles. The second kappa shape index (κ2) is 4.29. The molecule has 0 aromatic heterocycles. The zero-order chi connectivity index (χ0) is 9.78. The molecule has 0 unspecified atom stereocenters. The molecule has 0 atom stereocenters. The molecule has 0 rings (SSSR count). The minimum absolute atomic E-state index is 0.111. The minimum atomic E-state index is 0.111. The third-order valence-electron chi connectivity index (χ3n) is 1.43. The summed E-state index contributed by atoms with van der Waals surface area (Å²) in [5.41, 5.74) is 5.30. The van der Waals surface area contributed by atoms with Crippen molar-refractivity contribution in [3.63, 3.8) is 0 Å². The number of rotatable bonds is 2. The maximum absolute atomic E-state index is 4.23. The molecule has 12 heavy (non-hydrogen) atoms. The van der Waals surface area contributed by atoms with Gasteiger partial charge in [0, 0.05) is 12.5 Å². The Balaban J connectivity index is 4.70. The van der Waals surface area contributed by atoms with Gasteiger partial charge in [0.25, 0.3) is 0 Å². The molecule has 1 N–H and O–H groups in total. The van der Waals surface area contributed by atoms with E-state index in [2.05, 4.69) is 51.2 Å². The van der Waals surface area contributed by atoms with Gasteiger partial charge in [-0.1, -0.05) is 26.3 Å². The van der Waals surface area contributed by atoms with Crippen molar-refractivity contribution in [2.24, 2.45) is 10.5 Å². The molecule has 0 aliphatic heterocycles. The first-order valence-electron chi connectivity index (χ1n) is 4.27.